The molecular weight excluding hydrogens is 394 g/mol. The van der Waals surface area contributed by atoms with Crippen LogP contribution >= 0.6 is 0 Å². The molecule has 2 amide bonds. The lowest BCUT2D eigenvalue weighted by Gasteiger charge is -2.36. The Morgan fingerprint density at radius 1 is 1.00 bits per heavy atom. The largest absolute Gasteiger partial charge is 0.368 e. The van der Waals surface area contributed by atoms with Gasteiger partial charge in [0.15, 0.2) is 0 Å². The molecule has 1 aliphatic rings. The number of rotatable bonds is 6. The first-order valence-electron chi connectivity index (χ1n) is 10.3. The first-order chi connectivity index (χ1) is 15.1. The molecule has 0 aliphatic carbocycles. The molecule has 160 valence electrons. The summed E-state index contributed by atoms with van der Waals surface area (Å²) in [6, 6.07) is 17.5. The number of nitrogens with one attached hydrogen (secondary N) is 1. The SMILES string of the molecule is Cc1nc(-c2ccc(N3CCN(C(=O)CNC(=O)Cc4ccccc4)CC3)cc2)no1. The molecule has 0 bridgehead atoms. The van der Waals surface area contributed by atoms with Crippen LogP contribution in [0, 0.1) is 6.92 Å². The van der Waals surface area contributed by atoms with Gasteiger partial charge in [-0.25, -0.2) is 0 Å². The number of carbonyl (C=O) groups is 2. The van der Waals surface area contributed by atoms with Gasteiger partial charge in [0.05, 0.1) is 13.0 Å². The number of hydrogen-bond donors (Lipinski definition) is 1. The number of amides is 2. The average molecular weight is 419 g/mol. The van der Waals surface area contributed by atoms with Gasteiger partial charge < -0.3 is 19.6 Å². The number of anilines is 1. The Bertz CT molecular complexity index is 1020. The molecule has 0 unspecified atom stereocenters. The highest BCUT2D eigenvalue weighted by molar-refractivity contribution is 5.85. The van der Waals surface area contributed by atoms with Crippen LogP contribution in [-0.4, -0.2) is 59.6 Å². The second kappa shape index (κ2) is 9.42. The van der Waals surface area contributed by atoms with Crippen molar-refractivity contribution in [2.24, 2.45) is 0 Å². The first kappa shape index (κ1) is 20.6. The van der Waals surface area contributed by atoms with Crippen LogP contribution in [0.4, 0.5) is 5.69 Å². The molecule has 3 aromatic rings. The molecule has 2 aromatic carbocycles. The number of carbonyl (C=O) groups excluding carboxylic acids is 2. The Morgan fingerprint density at radius 2 is 1.71 bits per heavy atom. The van der Waals surface area contributed by atoms with Crippen LogP contribution in [0.3, 0.4) is 0 Å². The number of aromatic nitrogens is 2. The van der Waals surface area contributed by atoms with Gasteiger partial charge in [0, 0.05) is 44.4 Å². The molecule has 0 saturated carbocycles. The maximum Gasteiger partial charge on any atom is 0.242 e. The van der Waals surface area contributed by atoms with E-state index in [1.807, 2.05) is 54.6 Å². The van der Waals surface area contributed by atoms with Crippen LogP contribution in [0.1, 0.15) is 11.5 Å². The van der Waals surface area contributed by atoms with E-state index < -0.39 is 0 Å². The van der Waals surface area contributed by atoms with Gasteiger partial charge in [0.2, 0.25) is 23.5 Å². The van der Waals surface area contributed by atoms with E-state index >= 15 is 0 Å². The van der Waals surface area contributed by atoms with Crippen molar-refractivity contribution in [2.75, 3.05) is 37.6 Å². The molecular formula is C23H25N5O3. The van der Waals surface area contributed by atoms with Gasteiger partial charge in [-0.15, -0.1) is 0 Å². The van der Waals surface area contributed by atoms with Crippen LogP contribution < -0.4 is 10.2 Å². The lowest BCUT2D eigenvalue weighted by atomic mass is 10.1. The van der Waals surface area contributed by atoms with Crippen molar-refractivity contribution >= 4 is 17.5 Å². The standard InChI is InChI=1S/C23H25N5O3/c1-17-25-23(26-31-17)19-7-9-20(10-8-19)27-11-13-28(14-12-27)22(30)16-24-21(29)15-18-5-3-2-4-6-18/h2-10H,11-16H2,1H3,(H,24,29). The van der Waals surface area contributed by atoms with Crippen molar-refractivity contribution in [1.82, 2.24) is 20.4 Å². The van der Waals surface area contributed by atoms with Crippen LogP contribution in [0.5, 0.6) is 0 Å². The van der Waals surface area contributed by atoms with Crippen molar-refractivity contribution < 1.29 is 14.1 Å². The summed E-state index contributed by atoms with van der Waals surface area (Å²) in [5.74, 6) is 0.920. The van der Waals surface area contributed by atoms with E-state index in [1.54, 1.807) is 11.8 Å². The molecule has 1 N–H and O–H groups in total. The zero-order valence-electron chi connectivity index (χ0n) is 17.5. The summed E-state index contributed by atoms with van der Waals surface area (Å²) in [7, 11) is 0. The van der Waals surface area contributed by atoms with E-state index in [2.05, 4.69) is 20.4 Å². The van der Waals surface area contributed by atoms with Crippen molar-refractivity contribution in [3.8, 4) is 11.4 Å². The van der Waals surface area contributed by atoms with E-state index in [-0.39, 0.29) is 24.8 Å². The number of nitrogens with zero attached hydrogens (tertiary/aromatic N) is 4. The van der Waals surface area contributed by atoms with E-state index in [0.717, 1.165) is 29.9 Å². The van der Waals surface area contributed by atoms with Crippen LogP contribution in [0.2, 0.25) is 0 Å². The van der Waals surface area contributed by atoms with Gasteiger partial charge in [0.1, 0.15) is 0 Å². The maximum atomic E-state index is 12.5. The monoisotopic (exact) mass is 419 g/mol. The fraction of sp³-hybridized carbons (Fsp3) is 0.304. The minimum absolute atomic E-state index is 0.0322. The Hall–Kier alpha value is -3.68. The zero-order valence-corrected chi connectivity index (χ0v) is 17.5. The Kier molecular flexibility index (Phi) is 6.26. The predicted octanol–water partition coefficient (Wildman–Crippen LogP) is 2.05. The fourth-order valence-corrected chi connectivity index (χ4v) is 3.58. The summed E-state index contributed by atoms with van der Waals surface area (Å²) >= 11 is 0. The minimum atomic E-state index is -0.143. The summed E-state index contributed by atoms with van der Waals surface area (Å²) in [4.78, 5) is 32.8. The number of benzene rings is 2. The fourth-order valence-electron chi connectivity index (χ4n) is 3.58. The first-order valence-corrected chi connectivity index (χ1v) is 10.3. The third-order valence-electron chi connectivity index (χ3n) is 5.29. The topological polar surface area (TPSA) is 91.6 Å². The lowest BCUT2D eigenvalue weighted by Crippen LogP contribution is -2.51. The number of aryl methyl sites for hydroxylation is 1. The molecule has 8 heteroatoms. The summed E-state index contributed by atoms with van der Waals surface area (Å²) < 4.78 is 5.03. The van der Waals surface area contributed by atoms with Crippen LogP contribution in [-0.2, 0) is 16.0 Å². The van der Waals surface area contributed by atoms with Gasteiger partial charge >= 0.3 is 0 Å². The van der Waals surface area contributed by atoms with Crippen LogP contribution in [0.15, 0.2) is 59.1 Å². The zero-order chi connectivity index (χ0) is 21.6. The molecule has 4 rings (SSSR count). The Balaban J connectivity index is 1.23. The van der Waals surface area contributed by atoms with E-state index in [1.165, 1.54) is 0 Å². The highest BCUT2D eigenvalue weighted by atomic mass is 16.5. The van der Waals surface area contributed by atoms with Crippen molar-refractivity contribution in [2.45, 2.75) is 13.3 Å². The smallest absolute Gasteiger partial charge is 0.242 e. The number of hydrogen-bond acceptors (Lipinski definition) is 6. The van der Waals surface area contributed by atoms with Gasteiger partial charge in [-0.3, -0.25) is 9.59 Å². The maximum absolute atomic E-state index is 12.5. The highest BCUT2D eigenvalue weighted by Gasteiger charge is 2.21. The molecule has 8 nitrogen and oxygen atoms in total. The average Bonchev–Trinajstić information content (AvgIpc) is 3.25. The Morgan fingerprint density at radius 3 is 2.35 bits per heavy atom. The molecule has 0 spiro atoms. The highest BCUT2D eigenvalue weighted by Crippen LogP contribution is 2.22. The predicted molar refractivity (Wildman–Crippen MR) is 116 cm³/mol. The lowest BCUT2D eigenvalue weighted by molar-refractivity contribution is -0.133. The third-order valence-corrected chi connectivity index (χ3v) is 5.29. The Labute approximate surface area is 180 Å². The van der Waals surface area contributed by atoms with Crippen molar-refractivity contribution in [3.05, 3.63) is 66.1 Å². The molecule has 1 aliphatic heterocycles. The molecule has 1 saturated heterocycles. The summed E-state index contributed by atoms with van der Waals surface area (Å²) in [5.41, 5.74) is 2.93. The summed E-state index contributed by atoms with van der Waals surface area (Å²) in [6.45, 7) is 4.53. The van der Waals surface area contributed by atoms with Gasteiger partial charge in [-0.2, -0.15) is 4.98 Å². The molecule has 31 heavy (non-hydrogen) atoms. The molecule has 2 heterocycles. The van der Waals surface area contributed by atoms with E-state index in [0.29, 0.717) is 24.8 Å². The molecule has 1 aromatic heterocycles. The van der Waals surface area contributed by atoms with Crippen molar-refractivity contribution in [3.63, 3.8) is 0 Å². The van der Waals surface area contributed by atoms with Gasteiger partial charge in [-0.05, 0) is 29.8 Å². The molecule has 0 radical (unpaired) electrons. The number of piperazine rings is 1. The summed E-state index contributed by atoms with van der Waals surface area (Å²) in [5, 5.41) is 6.67. The van der Waals surface area contributed by atoms with E-state index in [9.17, 15) is 9.59 Å². The third kappa shape index (κ3) is 5.28. The second-order valence-electron chi connectivity index (χ2n) is 7.49. The quantitative estimate of drug-likeness (QED) is 0.658. The second-order valence-corrected chi connectivity index (χ2v) is 7.49. The molecule has 1 fully saturated rings. The van der Waals surface area contributed by atoms with Gasteiger partial charge in [0.25, 0.3) is 0 Å². The molecule has 0 atom stereocenters. The summed E-state index contributed by atoms with van der Waals surface area (Å²) in [6.07, 6.45) is 0.279. The normalized spacial score (nSPS) is 13.8. The van der Waals surface area contributed by atoms with Crippen LogP contribution in [0.25, 0.3) is 11.4 Å². The minimum Gasteiger partial charge on any atom is -0.368 e. The van der Waals surface area contributed by atoms with Crippen molar-refractivity contribution in [1.29, 1.82) is 0 Å². The van der Waals surface area contributed by atoms with E-state index in [4.69, 9.17) is 4.52 Å². The van der Waals surface area contributed by atoms with Gasteiger partial charge in [-0.1, -0.05) is 35.5 Å².